The Hall–Kier alpha value is -1.92. The summed E-state index contributed by atoms with van der Waals surface area (Å²) in [6.07, 6.45) is 98.3. The third kappa shape index (κ3) is 71.2. The van der Waals surface area contributed by atoms with Crippen LogP contribution in [-0.2, 0) is 14.3 Å². The molecule has 508 valence electrons. The van der Waals surface area contributed by atoms with Crippen molar-refractivity contribution in [3.63, 3.8) is 0 Å². The Morgan fingerprint density at radius 1 is 0.326 bits per heavy atom. The lowest BCUT2D eigenvalue weighted by molar-refractivity contribution is -0.143. The molecule has 6 heteroatoms. The number of aliphatic hydroxyl groups is 2. The summed E-state index contributed by atoms with van der Waals surface area (Å²) in [5.41, 5.74) is 0. The van der Waals surface area contributed by atoms with Gasteiger partial charge in [-0.05, 0) is 64.2 Å². The molecule has 0 aliphatic carbocycles. The van der Waals surface area contributed by atoms with E-state index in [2.05, 4.69) is 43.5 Å². The quantitative estimate of drug-likeness (QED) is 0.0320. The summed E-state index contributed by atoms with van der Waals surface area (Å²) in [4.78, 5) is 24.7. The van der Waals surface area contributed by atoms with Crippen molar-refractivity contribution in [2.45, 2.75) is 450 Å². The number of ether oxygens (including phenoxy) is 1. The average Bonchev–Trinajstić information content (AvgIpc) is 3.57. The van der Waals surface area contributed by atoms with Crippen LogP contribution in [0, 0.1) is 0 Å². The highest BCUT2D eigenvalue weighted by Crippen LogP contribution is 2.19. The van der Waals surface area contributed by atoms with Gasteiger partial charge in [0.1, 0.15) is 0 Å². The molecular formula is C80H153NO5. The van der Waals surface area contributed by atoms with Crippen molar-refractivity contribution < 1.29 is 24.5 Å². The van der Waals surface area contributed by atoms with Gasteiger partial charge in [0.15, 0.2) is 0 Å². The van der Waals surface area contributed by atoms with Crippen LogP contribution >= 0.6 is 0 Å². The fourth-order valence-electron chi connectivity index (χ4n) is 12.4. The molecule has 0 saturated carbocycles. The summed E-state index contributed by atoms with van der Waals surface area (Å²) in [6, 6.07) is -0.632. The van der Waals surface area contributed by atoms with E-state index in [0.717, 1.165) is 44.9 Å². The molecule has 0 aliphatic rings. The van der Waals surface area contributed by atoms with E-state index in [1.54, 1.807) is 6.08 Å². The third-order valence-corrected chi connectivity index (χ3v) is 18.4. The maximum atomic E-state index is 12.6. The summed E-state index contributed by atoms with van der Waals surface area (Å²) < 4.78 is 5.51. The molecule has 86 heavy (non-hydrogen) atoms. The first-order chi connectivity index (χ1) is 42.5. The molecule has 0 spiro atoms. The zero-order chi connectivity index (χ0) is 62.0. The third-order valence-electron chi connectivity index (χ3n) is 18.4. The monoisotopic (exact) mass is 1210 g/mol. The van der Waals surface area contributed by atoms with E-state index < -0.39 is 12.1 Å². The minimum absolute atomic E-state index is 0.0151. The molecule has 0 aliphatic heterocycles. The maximum Gasteiger partial charge on any atom is 0.305 e. The Labute approximate surface area is 538 Å². The lowest BCUT2D eigenvalue weighted by atomic mass is 10.0. The van der Waals surface area contributed by atoms with E-state index in [1.807, 2.05) is 6.08 Å². The number of unbranched alkanes of at least 4 members (excludes halogenated alkanes) is 59. The van der Waals surface area contributed by atoms with Crippen molar-refractivity contribution in [1.82, 2.24) is 5.32 Å². The smallest absolute Gasteiger partial charge is 0.305 e. The zero-order valence-electron chi connectivity index (χ0n) is 58.3. The van der Waals surface area contributed by atoms with Gasteiger partial charge in [-0.25, -0.2) is 0 Å². The predicted octanol–water partition coefficient (Wildman–Crippen LogP) is 25.8. The lowest BCUT2D eigenvalue weighted by Crippen LogP contribution is -2.45. The van der Waals surface area contributed by atoms with Gasteiger partial charge < -0.3 is 20.3 Å². The predicted molar refractivity (Wildman–Crippen MR) is 379 cm³/mol. The maximum absolute atomic E-state index is 12.6. The minimum atomic E-state index is -0.849. The van der Waals surface area contributed by atoms with Crippen molar-refractivity contribution in [3.8, 4) is 0 Å². The molecule has 2 unspecified atom stereocenters. The van der Waals surface area contributed by atoms with E-state index in [0.29, 0.717) is 19.4 Å². The lowest BCUT2D eigenvalue weighted by Gasteiger charge is -2.20. The SMILES string of the molecule is CCCCCCCCCCCCCCCCCCCCCCCCC/C=C/C(O)C(CO)NC(=O)CCCCCCCCCCCCC/C=C\C/C=C\CCCCCCCCCCCOC(=O)CCCCCCCCCCCCCCCCCCC. The van der Waals surface area contributed by atoms with E-state index in [1.165, 1.54) is 366 Å². The summed E-state index contributed by atoms with van der Waals surface area (Å²) in [5, 5.41) is 23.3. The first-order valence-corrected chi connectivity index (χ1v) is 39.3. The molecule has 0 rings (SSSR count). The summed E-state index contributed by atoms with van der Waals surface area (Å²) in [6.45, 7) is 4.95. The van der Waals surface area contributed by atoms with E-state index in [-0.39, 0.29) is 18.5 Å². The first-order valence-electron chi connectivity index (χ1n) is 39.3. The Morgan fingerprint density at radius 2 is 0.581 bits per heavy atom. The highest BCUT2D eigenvalue weighted by atomic mass is 16.5. The van der Waals surface area contributed by atoms with Crippen molar-refractivity contribution in [1.29, 1.82) is 0 Å². The second kappa shape index (κ2) is 75.5. The van der Waals surface area contributed by atoms with Crippen LogP contribution in [0.4, 0.5) is 0 Å². The molecule has 0 bridgehead atoms. The molecule has 0 saturated heterocycles. The van der Waals surface area contributed by atoms with Gasteiger partial charge >= 0.3 is 5.97 Å². The van der Waals surface area contributed by atoms with Gasteiger partial charge in [-0.15, -0.1) is 0 Å². The zero-order valence-corrected chi connectivity index (χ0v) is 58.3. The highest BCUT2D eigenvalue weighted by molar-refractivity contribution is 5.76. The number of nitrogens with one attached hydrogen (secondary N) is 1. The van der Waals surface area contributed by atoms with Gasteiger partial charge in [0.05, 0.1) is 25.4 Å². The number of carbonyl (C=O) groups is 2. The van der Waals surface area contributed by atoms with Crippen LogP contribution in [0.5, 0.6) is 0 Å². The second-order valence-electron chi connectivity index (χ2n) is 27.0. The summed E-state index contributed by atoms with van der Waals surface area (Å²) in [5.74, 6) is -0.0513. The standard InChI is InChI=1S/C80H153NO5/c1-3-5-7-9-11-13-15-17-19-21-22-23-24-28-31-34-37-41-44-48-52-56-60-64-68-72-78(83)77(76-82)81-79(84)73-69-65-61-57-53-49-45-42-38-35-32-29-26-25-27-30-33-36-39-43-47-51-55-59-63-67-71-75-86-80(85)74-70-66-62-58-54-50-46-40-20-18-16-14-12-10-8-6-4-2/h25-26,30,33,68,72,77-78,82-83H,3-24,27-29,31-32,34-67,69-71,73-76H2,1-2H3,(H,81,84)/b26-25-,33-30-,72-68+. The molecule has 2 atom stereocenters. The van der Waals surface area contributed by atoms with Crippen LogP contribution in [0.25, 0.3) is 0 Å². The number of rotatable bonds is 74. The van der Waals surface area contributed by atoms with Crippen molar-refractivity contribution >= 4 is 11.9 Å². The number of amides is 1. The van der Waals surface area contributed by atoms with Crippen LogP contribution in [-0.4, -0.2) is 47.4 Å². The largest absolute Gasteiger partial charge is 0.466 e. The number of allylic oxidation sites excluding steroid dienone is 5. The summed E-state index contributed by atoms with van der Waals surface area (Å²) in [7, 11) is 0. The Bertz CT molecular complexity index is 1390. The van der Waals surface area contributed by atoms with Crippen LogP contribution in [0.15, 0.2) is 36.5 Å². The normalized spacial score (nSPS) is 12.7. The van der Waals surface area contributed by atoms with Crippen LogP contribution in [0.1, 0.15) is 438 Å². The average molecular weight is 1210 g/mol. The second-order valence-corrected chi connectivity index (χ2v) is 27.0. The highest BCUT2D eigenvalue weighted by Gasteiger charge is 2.18. The molecule has 0 aromatic carbocycles. The molecule has 0 fully saturated rings. The number of hydrogen-bond acceptors (Lipinski definition) is 5. The number of esters is 1. The number of aliphatic hydroxyl groups excluding tert-OH is 2. The minimum Gasteiger partial charge on any atom is -0.466 e. The first kappa shape index (κ1) is 84.1. The molecule has 6 nitrogen and oxygen atoms in total. The van der Waals surface area contributed by atoms with Gasteiger partial charge in [-0.1, -0.05) is 397 Å². The molecule has 0 radical (unpaired) electrons. The van der Waals surface area contributed by atoms with Crippen LogP contribution in [0.3, 0.4) is 0 Å². The molecule has 0 aromatic rings. The topological polar surface area (TPSA) is 95.9 Å². The van der Waals surface area contributed by atoms with Gasteiger partial charge in [-0.2, -0.15) is 0 Å². The van der Waals surface area contributed by atoms with Crippen molar-refractivity contribution in [3.05, 3.63) is 36.5 Å². The molecule has 0 heterocycles. The van der Waals surface area contributed by atoms with Crippen molar-refractivity contribution in [2.75, 3.05) is 13.2 Å². The van der Waals surface area contributed by atoms with E-state index >= 15 is 0 Å². The van der Waals surface area contributed by atoms with Crippen LogP contribution < -0.4 is 5.32 Å². The van der Waals surface area contributed by atoms with Crippen molar-refractivity contribution in [2.24, 2.45) is 0 Å². The van der Waals surface area contributed by atoms with Gasteiger partial charge in [0.2, 0.25) is 5.91 Å². The number of hydrogen-bond donors (Lipinski definition) is 3. The Kier molecular flexibility index (Phi) is 73.9. The van der Waals surface area contributed by atoms with Gasteiger partial charge in [-0.3, -0.25) is 9.59 Å². The van der Waals surface area contributed by atoms with Gasteiger partial charge in [0.25, 0.3) is 0 Å². The Balaban J connectivity index is 3.43. The van der Waals surface area contributed by atoms with Gasteiger partial charge in [0, 0.05) is 12.8 Å². The fraction of sp³-hybridized carbons (Fsp3) is 0.900. The molecular weight excluding hydrogens is 1050 g/mol. The van der Waals surface area contributed by atoms with E-state index in [9.17, 15) is 19.8 Å². The van der Waals surface area contributed by atoms with E-state index in [4.69, 9.17) is 4.74 Å². The molecule has 0 aromatic heterocycles. The molecule has 1 amide bonds. The molecule has 3 N–H and O–H groups in total. The summed E-state index contributed by atoms with van der Waals surface area (Å²) >= 11 is 0. The fourth-order valence-corrected chi connectivity index (χ4v) is 12.4. The number of carbonyl (C=O) groups excluding carboxylic acids is 2. The van der Waals surface area contributed by atoms with Crippen LogP contribution in [0.2, 0.25) is 0 Å². The Morgan fingerprint density at radius 3 is 0.884 bits per heavy atom.